The van der Waals surface area contributed by atoms with Crippen molar-refractivity contribution in [2.24, 2.45) is 0 Å². The predicted molar refractivity (Wildman–Crippen MR) is 124 cm³/mol. The quantitative estimate of drug-likeness (QED) is 0.366. The van der Waals surface area contributed by atoms with Crippen molar-refractivity contribution in [1.29, 1.82) is 0 Å². The number of hydrogen-bond acceptors (Lipinski definition) is 1. The largest absolute Gasteiger partial charge is 0.361 e. The fraction of sp³-hybridized carbons (Fsp3) is 0.192. The molecule has 1 amide bonds. The number of amides is 1. The molecular weight excluding hydrogens is 392 g/mol. The summed E-state index contributed by atoms with van der Waals surface area (Å²) in [6.07, 6.45) is 2.48. The maximum absolute atomic E-state index is 12.7. The number of rotatable bonds is 7. The number of para-hydroxylation sites is 1. The van der Waals surface area contributed by atoms with Crippen LogP contribution in [0.25, 0.3) is 10.9 Å². The summed E-state index contributed by atoms with van der Waals surface area (Å²) < 4.78 is 0. The van der Waals surface area contributed by atoms with E-state index < -0.39 is 0 Å². The Morgan fingerprint density at radius 2 is 1.63 bits per heavy atom. The zero-order valence-corrected chi connectivity index (χ0v) is 17.7. The third-order valence-electron chi connectivity index (χ3n) is 5.64. The Kier molecular flexibility index (Phi) is 6.20. The zero-order valence-electron chi connectivity index (χ0n) is 16.9. The maximum Gasteiger partial charge on any atom is 0.220 e. The van der Waals surface area contributed by atoms with Crippen LogP contribution in [0.2, 0.25) is 5.02 Å². The third-order valence-corrected chi connectivity index (χ3v) is 5.99. The molecule has 152 valence electrons. The molecule has 0 spiro atoms. The fourth-order valence-corrected chi connectivity index (χ4v) is 4.26. The summed E-state index contributed by atoms with van der Waals surface area (Å²) in [6, 6.07) is 26.2. The number of aromatic nitrogens is 1. The van der Waals surface area contributed by atoms with Crippen molar-refractivity contribution >= 4 is 28.4 Å². The standard InChI is InChI=1S/C26H25ClN2O/c1-18(19-9-3-2-4-10-19)15-26(30)29-17-22(20-11-5-7-13-24(20)27)23-16-28-25-14-8-6-12-21(23)25/h2-14,16,18,22,28H,15,17H2,1H3,(H,29,30)/t18-,22+/m0/s1. The molecule has 0 fully saturated rings. The molecule has 0 radical (unpaired) electrons. The van der Waals surface area contributed by atoms with Gasteiger partial charge in [-0.25, -0.2) is 0 Å². The van der Waals surface area contributed by atoms with E-state index >= 15 is 0 Å². The Morgan fingerprint density at radius 3 is 2.43 bits per heavy atom. The van der Waals surface area contributed by atoms with E-state index in [2.05, 4.69) is 41.5 Å². The van der Waals surface area contributed by atoms with Crippen LogP contribution in [0, 0.1) is 0 Å². The Morgan fingerprint density at radius 1 is 0.933 bits per heavy atom. The lowest BCUT2D eigenvalue weighted by molar-refractivity contribution is -0.121. The van der Waals surface area contributed by atoms with Gasteiger partial charge in [-0.05, 0) is 34.7 Å². The molecule has 2 N–H and O–H groups in total. The first-order valence-electron chi connectivity index (χ1n) is 10.3. The smallest absolute Gasteiger partial charge is 0.220 e. The Bertz CT molecular complexity index is 1140. The molecule has 0 unspecified atom stereocenters. The van der Waals surface area contributed by atoms with E-state index in [0.29, 0.717) is 18.0 Å². The molecule has 0 aliphatic rings. The van der Waals surface area contributed by atoms with Gasteiger partial charge in [-0.2, -0.15) is 0 Å². The second-order valence-corrected chi connectivity index (χ2v) is 8.09. The number of nitrogens with one attached hydrogen (secondary N) is 2. The molecule has 4 rings (SSSR count). The van der Waals surface area contributed by atoms with Gasteiger partial charge in [-0.3, -0.25) is 4.79 Å². The van der Waals surface area contributed by atoms with Crippen LogP contribution >= 0.6 is 11.6 Å². The number of carbonyl (C=O) groups excluding carboxylic acids is 1. The maximum atomic E-state index is 12.7. The predicted octanol–water partition coefficient (Wildman–Crippen LogP) is 6.26. The van der Waals surface area contributed by atoms with Crippen molar-refractivity contribution in [3.05, 3.63) is 107 Å². The average molecular weight is 417 g/mol. The summed E-state index contributed by atoms with van der Waals surface area (Å²) in [5.74, 6) is 0.173. The Labute approximate surface area is 182 Å². The molecule has 1 heterocycles. The Hall–Kier alpha value is -3.04. The van der Waals surface area contributed by atoms with E-state index in [1.807, 2.05) is 60.8 Å². The SMILES string of the molecule is C[C@@H](CC(=O)NC[C@H](c1ccccc1Cl)c1c[nH]c2ccccc12)c1ccccc1. The first kappa shape index (κ1) is 20.2. The summed E-state index contributed by atoms with van der Waals surface area (Å²) in [5, 5.41) is 5.01. The molecule has 3 nitrogen and oxygen atoms in total. The van der Waals surface area contributed by atoms with Crippen molar-refractivity contribution in [3.63, 3.8) is 0 Å². The van der Waals surface area contributed by atoms with E-state index in [9.17, 15) is 4.79 Å². The summed E-state index contributed by atoms with van der Waals surface area (Å²) in [6.45, 7) is 2.58. The van der Waals surface area contributed by atoms with Crippen molar-refractivity contribution in [2.75, 3.05) is 6.54 Å². The minimum atomic E-state index is -0.0363. The number of carbonyl (C=O) groups is 1. The molecule has 0 aliphatic heterocycles. The lowest BCUT2D eigenvalue weighted by Gasteiger charge is -2.20. The van der Waals surface area contributed by atoms with Gasteiger partial charge in [0.05, 0.1) is 0 Å². The van der Waals surface area contributed by atoms with Crippen LogP contribution in [0.1, 0.15) is 41.9 Å². The van der Waals surface area contributed by atoms with Gasteiger partial charge >= 0.3 is 0 Å². The van der Waals surface area contributed by atoms with E-state index in [1.54, 1.807) is 0 Å². The third kappa shape index (κ3) is 4.42. The van der Waals surface area contributed by atoms with Gasteiger partial charge in [0, 0.05) is 41.0 Å². The topological polar surface area (TPSA) is 44.9 Å². The number of fused-ring (bicyclic) bond motifs is 1. The van der Waals surface area contributed by atoms with Crippen LogP contribution in [0.15, 0.2) is 85.1 Å². The summed E-state index contributed by atoms with van der Waals surface area (Å²) in [4.78, 5) is 16.1. The second-order valence-electron chi connectivity index (χ2n) is 7.68. The molecule has 3 aromatic carbocycles. The fourth-order valence-electron chi connectivity index (χ4n) is 3.99. The van der Waals surface area contributed by atoms with Gasteiger partial charge in [-0.15, -0.1) is 0 Å². The summed E-state index contributed by atoms with van der Waals surface area (Å²) in [5.41, 5.74) is 4.40. The van der Waals surface area contributed by atoms with E-state index in [1.165, 1.54) is 5.56 Å². The monoisotopic (exact) mass is 416 g/mol. The van der Waals surface area contributed by atoms with Crippen LogP contribution in [0.3, 0.4) is 0 Å². The number of halogens is 1. The van der Waals surface area contributed by atoms with Gasteiger partial charge in [0.15, 0.2) is 0 Å². The van der Waals surface area contributed by atoms with Crippen LogP contribution < -0.4 is 5.32 Å². The molecule has 4 heteroatoms. The normalized spacial score (nSPS) is 13.1. The highest BCUT2D eigenvalue weighted by molar-refractivity contribution is 6.31. The molecule has 4 aromatic rings. The lowest BCUT2D eigenvalue weighted by Crippen LogP contribution is -2.29. The molecule has 30 heavy (non-hydrogen) atoms. The first-order valence-corrected chi connectivity index (χ1v) is 10.6. The van der Waals surface area contributed by atoms with Gasteiger partial charge in [-0.1, -0.05) is 85.3 Å². The summed E-state index contributed by atoms with van der Waals surface area (Å²) >= 11 is 6.54. The first-order chi connectivity index (χ1) is 14.6. The number of aromatic amines is 1. The van der Waals surface area contributed by atoms with Crippen LogP contribution in [-0.4, -0.2) is 17.4 Å². The number of benzene rings is 3. The minimum Gasteiger partial charge on any atom is -0.361 e. The van der Waals surface area contributed by atoms with Gasteiger partial charge in [0.1, 0.15) is 0 Å². The van der Waals surface area contributed by atoms with Crippen molar-refractivity contribution in [1.82, 2.24) is 10.3 Å². The molecule has 0 aliphatic carbocycles. The highest BCUT2D eigenvalue weighted by atomic mass is 35.5. The molecule has 1 aromatic heterocycles. The molecule has 0 saturated carbocycles. The zero-order chi connectivity index (χ0) is 20.9. The average Bonchev–Trinajstić information content (AvgIpc) is 3.20. The highest BCUT2D eigenvalue weighted by Gasteiger charge is 2.21. The van der Waals surface area contributed by atoms with Crippen LogP contribution in [0.5, 0.6) is 0 Å². The van der Waals surface area contributed by atoms with Crippen molar-refractivity contribution in [3.8, 4) is 0 Å². The number of H-pyrrole nitrogens is 1. The van der Waals surface area contributed by atoms with E-state index in [0.717, 1.165) is 22.0 Å². The molecule has 2 atom stereocenters. The minimum absolute atomic E-state index is 0.0363. The van der Waals surface area contributed by atoms with Gasteiger partial charge < -0.3 is 10.3 Å². The number of hydrogen-bond donors (Lipinski definition) is 2. The molecular formula is C26H25ClN2O. The molecule has 0 saturated heterocycles. The van der Waals surface area contributed by atoms with Gasteiger partial charge in [0.25, 0.3) is 0 Å². The lowest BCUT2D eigenvalue weighted by atomic mass is 9.90. The van der Waals surface area contributed by atoms with Crippen LogP contribution in [-0.2, 0) is 4.79 Å². The van der Waals surface area contributed by atoms with Crippen molar-refractivity contribution < 1.29 is 4.79 Å². The highest BCUT2D eigenvalue weighted by Crippen LogP contribution is 2.34. The summed E-state index contributed by atoms with van der Waals surface area (Å²) in [7, 11) is 0. The van der Waals surface area contributed by atoms with E-state index in [-0.39, 0.29) is 17.7 Å². The molecule has 0 bridgehead atoms. The Balaban J connectivity index is 1.55. The van der Waals surface area contributed by atoms with Gasteiger partial charge in [0.2, 0.25) is 5.91 Å². The van der Waals surface area contributed by atoms with E-state index in [4.69, 9.17) is 11.6 Å². The van der Waals surface area contributed by atoms with Crippen LogP contribution in [0.4, 0.5) is 0 Å². The van der Waals surface area contributed by atoms with Crippen molar-refractivity contribution in [2.45, 2.75) is 25.2 Å². The second kappa shape index (κ2) is 9.19.